The number of rotatable bonds is 4. The number of aromatic nitrogens is 2. The highest BCUT2D eigenvalue weighted by Gasteiger charge is 2.50. The third kappa shape index (κ3) is 3.29. The first-order chi connectivity index (χ1) is 24.7. The molecule has 0 amide bonds. The van der Waals surface area contributed by atoms with Crippen molar-refractivity contribution in [2.75, 3.05) is 22.3 Å². The summed E-state index contributed by atoms with van der Waals surface area (Å²) in [5.74, 6) is 0. The molecule has 8 aromatic rings. The number of para-hydroxylation sites is 2. The highest BCUT2D eigenvalue weighted by atomic mass is 32.2. The van der Waals surface area contributed by atoms with Crippen molar-refractivity contribution in [1.29, 1.82) is 0 Å². The summed E-state index contributed by atoms with van der Waals surface area (Å²) in [5, 5.41) is 2.61. The maximum absolute atomic E-state index is 2.58. The highest BCUT2D eigenvalue weighted by molar-refractivity contribution is 7.98. The first-order valence-electron chi connectivity index (χ1n) is 17.1. The number of fused-ring (bicyclic) bond motifs is 6. The summed E-state index contributed by atoms with van der Waals surface area (Å²) in [5.41, 5.74) is 18.4. The van der Waals surface area contributed by atoms with Crippen molar-refractivity contribution < 1.29 is 0 Å². The molecule has 234 valence electrons. The van der Waals surface area contributed by atoms with E-state index in [1.54, 1.807) is 0 Å². The Balaban J connectivity index is 1.31. The zero-order chi connectivity index (χ0) is 32.8. The molecule has 6 heterocycles. The quantitative estimate of drug-likeness (QED) is 0.138. The summed E-state index contributed by atoms with van der Waals surface area (Å²) in [6, 6.07) is 45.8. The van der Waals surface area contributed by atoms with E-state index in [0.29, 0.717) is 0 Å². The maximum Gasteiger partial charge on any atom is 0.332 e. The number of benzene rings is 6. The van der Waals surface area contributed by atoms with E-state index in [9.17, 15) is 0 Å². The van der Waals surface area contributed by atoms with Gasteiger partial charge in [-0.2, -0.15) is 0 Å². The molecule has 50 heavy (non-hydrogen) atoms. The van der Waals surface area contributed by atoms with Gasteiger partial charge < -0.3 is 18.8 Å². The zero-order valence-electron chi connectivity index (χ0n) is 27.5. The van der Waals surface area contributed by atoms with Crippen LogP contribution in [0.4, 0.5) is 34.1 Å². The van der Waals surface area contributed by atoms with E-state index in [2.05, 4.69) is 165 Å². The van der Waals surface area contributed by atoms with Crippen LogP contribution < -0.4 is 31.7 Å². The minimum atomic E-state index is 0.0613. The summed E-state index contributed by atoms with van der Waals surface area (Å²) in [4.78, 5) is 7.63. The average molecular weight is 674 g/mol. The second-order valence-corrected chi connectivity index (χ2v) is 15.4. The largest absolute Gasteiger partial charge is 0.382 e. The number of hydrogen-bond acceptors (Lipinski definition) is 4. The molecule has 0 N–H and O–H groups in total. The summed E-state index contributed by atoms with van der Waals surface area (Å²) in [7, 11) is 0. The lowest BCUT2D eigenvalue weighted by atomic mass is 9.39. The molecule has 0 radical (unpaired) electrons. The molecule has 8 heteroatoms. The minimum absolute atomic E-state index is 0.0613. The molecule has 0 fully saturated rings. The van der Waals surface area contributed by atoms with E-state index in [1.807, 2.05) is 23.5 Å². The SMILES string of the molecule is CSc1ccc2c(c1)N(c1ccccc1)c1cc3c4c5c1B2n1ccc2cc6ccn(c6c-5c21)B4c1ccc(SC)cc1N3c1ccccc1. The Morgan fingerprint density at radius 1 is 0.460 bits per heavy atom. The fourth-order valence-corrected chi connectivity index (χ4v) is 10.4. The molecule has 0 saturated carbocycles. The molecular weight excluding hydrogens is 646 g/mol. The van der Waals surface area contributed by atoms with Crippen LogP contribution in [-0.4, -0.2) is 35.2 Å². The average Bonchev–Trinajstić information content (AvgIpc) is 3.80. The first-order valence-corrected chi connectivity index (χ1v) is 19.6. The van der Waals surface area contributed by atoms with E-state index >= 15 is 0 Å². The van der Waals surface area contributed by atoms with Gasteiger partial charge in [0, 0.05) is 60.5 Å². The standard InChI is InChI=1S/C42H28B2N4S2/c1-49-29-13-15-31-33(22-29)47(27-9-5-3-6-10-27)35-24-36-40-37-38-41-25(17-19-45(41)43(31)39(35)37)21-26-18-20-46(42(26)38)44(40)32-16-14-30(50-2)23-34(32)48(36)28-11-7-4-8-12-28/h3-24H,1-2H3. The van der Waals surface area contributed by atoms with Crippen LogP contribution in [0.3, 0.4) is 0 Å². The van der Waals surface area contributed by atoms with Crippen LogP contribution in [0.5, 0.6) is 0 Å². The molecule has 6 aromatic carbocycles. The zero-order valence-corrected chi connectivity index (χ0v) is 29.1. The molecule has 4 aliphatic heterocycles. The lowest BCUT2D eigenvalue weighted by molar-refractivity contribution is 1.19. The Morgan fingerprint density at radius 3 is 1.40 bits per heavy atom. The van der Waals surface area contributed by atoms with Crippen molar-refractivity contribution in [3.8, 4) is 11.1 Å². The van der Waals surface area contributed by atoms with E-state index in [1.165, 1.54) is 98.7 Å². The van der Waals surface area contributed by atoms with Crippen LogP contribution in [0.15, 0.2) is 144 Å². The van der Waals surface area contributed by atoms with E-state index in [4.69, 9.17) is 0 Å². The van der Waals surface area contributed by atoms with E-state index in [0.717, 1.165) is 0 Å². The number of hydrogen-bond donors (Lipinski definition) is 0. The topological polar surface area (TPSA) is 16.3 Å². The smallest absolute Gasteiger partial charge is 0.332 e. The number of nitrogens with zero attached hydrogens (tertiary/aromatic N) is 4. The first kappa shape index (κ1) is 27.6. The molecule has 0 bridgehead atoms. The second-order valence-electron chi connectivity index (χ2n) is 13.7. The normalized spacial score (nSPS) is 14.2. The third-order valence-electron chi connectivity index (χ3n) is 11.5. The summed E-state index contributed by atoms with van der Waals surface area (Å²) in [6.07, 6.45) is 9.04. The summed E-state index contributed by atoms with van der Waals surface area (Å²) < 4.78 is 5.16. The van der Waals surface area contributed by atoms with Crippen LogP contribution >= 0.6 is 23.5 Å². The van der Waals surface area contributed by atoms with E-state index in [-0.39, 0.29) is 13.7 Å². The number of anilines is 6. The van der Waals surface area contributed by atoms with E-state index < -0.39 is 0 Å². The molecule has 2 aromatic heterocycles. The van der Waals surface area contributed by atoms with Gasteiger partial charge in [-0.15, -0.1) is 23.5 Å². The van der Waals surface area contributed by atoms with Gasteiger partial charge in [-0.25, -0.2) is 0 Å². The minimum Gasteiger partial charge on any atom is -0.382 e. The Bertz CT molecular complexity index is 2590. The van der Waals surface area contributed by atoms with Gasteiger partial charge in [0.1, 0.15) is 0 Å². The van der Waals surface area contributed by atoms with Gasteiger partial charge in [-0.1, -0.05) is 48.5 Å². The molecule has 0 saturated heterocycles. The van der Waals surface area contributed by atoms with Gasteiger partial charge in [-0.05, 0) is 136 Å². The monoisotopic (exact) mass is 674 g/mol. The lowest BCUT2D eigenvalue weighted by Crippen LogP contribution is -2.63. The lowest BCUT2D eigenvalue weighted by Gasteiger charge is -2.46. The van der Waals surface area contributed by atoms with Crippen molar-refractivity contribution in [2.24, 2.45) is 0 Å². The van der Waals surface area contributed by atoms with Gasteiger partial charge in [0.05, 0.1) is 0 Å². The molecule has 0 spiro atoms. The molecule has 0 unspecified atom stereocenters. The summed E-state index contributed by atoms with van der Waals surface area (Å²) in [6.45, 7) is 0.123. The van der Waals surface area contributed by atoms with Crippen molar-refractivity contribution in [3.05, 3.63) is 134 Å². The van der Waals surface area contributed by atoms with Gasteiger partial charge in [0.25, 0.3) is 0 Å². The summed E-state index contributed by atoms with van der Waals surface area (Å²) >= 11 is 3.61. The van der Waals surface area contributed by atoms with Gasteiger partial charge in [0.15, 0.2) is 0 Å². The third-order valence-corrected chi connectivity index (χ3v) is 12.9. The molecule has 12 rings (SSSR count). The van der Waals surface area contributed by atoms with Crippen LogP contribution in [-0.2, 0) is 0 Å². The Morgan fingerprint density at radius 2 is 0.940 bits per heavy atom. The predicted octanol–water partition coefficient (Wildman–Crippen LogP) is 8.21. The van der Waals surface area contributed by atoms with Crippen LogP contribution in [0.2, 0.25) is 0 Å². The Kier molecular flexibility index (Phi) is 5.39. The predicted molar refractivity (Wildman–Crippen MR) is 217 cm³/mol. The van der Waals surface area contributed by atoms with Crippen LogP contribution in [0.1, 0.15) is 0 Å². The van der Waals surface area contributed by atoms with Gasteiger partial charge in [-0.3, -0.25) is 0 Å². The molecule has 4 aliphatic rings. The molecule has 0 atom stereocenters. The Hall–Kier alpha value is -5.17. The van der Waals surface area contributed by atoms with Crippen molar-refractivity contribution in [2.45, 2.75) is 9.79 Å². The maximum atomic E-state index is 2.58. The van der Waals surface area contributed by atoms with Crippen molar-refractivity contribution in [3.63, 3.8) is 0 Å². The molecule has 0 aliphatic carbocycles. The fourth-order valence-electron chi connectivity index (χ4n) is 9.54. The van der Waals surface area contributed by atoms with Crippen LogP contribution in [0, 0.1) is 0 Å². The van der Waals surface area contributed by atoms with Gasteiger partial charge in [0.2, 0.25) is 0 Å². The van der Waals surface area contributed by atoms with Crippen molar-refractivity contribution >= 4 is 115 Å². The second kappa shape index (κ2) is 9.75. The fraction of sp³-hybridized carbons (Fsp3) is 0.0476. The molecular formula is C42H28B2N4S2. The van der Waals surface area contributed by atoms with Crippen LogP contribution in [0.25, 0.3) is 32.9 Å². The highest BCUT2D eigenvalue weighted by Crippen LogP contribution is 2.51. The number of thioether (sulfide) groups is 2. The molecule has 4 nitrogen and oxygen atoms in total. The van der Waals surface area contributed by atoms with Crippen molar-refractivity contribution in [1.82, 2.24) is 8.96 Å². The Labute approximate surface area is 299 Å². The van der Waals surface area contributed by atoms with Gasteiger partial charge >= 0.3 is 13.7 Å².